The molecule has 0 unspecified atom stereocenters. The average molecular weight is 267 g/mol. The molecule has 0 radical (unpaired) electrons. The van der Waals surface area contributed by atoms with Crippen molar-refractivity contribution in [2.24, 2.45) is 0 Å². The van der Waals surface area contributed by atoms with Crippen molar-refractivity contribution in [3.8, 4) is 0 Å². The highest BCUT2D eigenvalue weighted by atomic mass is 32.2. The third-order valence-electron chi connectivity index (χ3n) is 2.46. The maximum atomic E-state index is 12.3. The lowest BCUT2D eigenvalue weighted by atomic mass is 10.4. The SMILES string of the molecule is CN(Cc1cn[nH]c1)S(=O)(=O)c1cnccc1N. The van der Waals surface area contributed by atoms with Crippen molar-refractivity contribution in [2.45, 2.75) is 11.4 Å². The van der Waals surface area contributed by atoms with Crippen molar-refractivity contribution in [1.29, 1.82) is 0 Å². The molecular weight excluding hydrogens is 254 g/mol. The zero-order chi connectivity index (χ0) is 13.2. The van der Waals surface area contributed by atoms with E-state index < -0.39 is 10.0 Å². The first kappa shape index (κ1) is 12.5. The molecule has 2 aromatic heterocycles. The molecule has 0 atom stereocenters. The highest BCUT2D eigenvalue weighted by molar-refractivity contribution is 7.89. The Morgan fingerprint density at radius 3 is 2.83 bits per heavy atom. The largest absolute Gasteiger partial charge is 0.398 e. The van der Waals surface area contributed by atoms with Gasteiger partial charge < -0.3 is 5.73 Å². The predicted molar refractivity (Wildman–Crippen MR) is 65.9 cm³/mol. The van der Waals surface area contributed by atoms with Crippen molar-refractivity contribution in [1.82, 2.24) is 19.5 Å². The highest BCUT2D eigenvalue weighted by Crippen LogP contribution is 2.20. The second-order valence-corrected chi connectivity index (χ2v) is 5.79. The Balaban J connectivity index is 2.29. The lowest BCUT2D eigenvalue weighted by Gasteiger charge is -2.17. The number of hydrogen-bond acceptors (Lipinski definition) is 5. The van der Waals surface area contributed by atoms with Crippen LogP contribution in [-0.4, -0.2) is 35.0 Å². The fraction of sp³-hybridized carbons (Fsp3) is 0.200. The molecule has 0 saturated heterocycles. The third kappa shape index (κ3) is 2.34. The van der Waals surface area contributed by atoms with Crippen LogP contribution in [0.1, 0.15) is 5.56 Å². The van der Waals surface area contributed by atoms with Crippen molar-refractivity contribution in [3.05, 3.63) is 36.4 Å². The van der Waals surface area contributed by atoms with Crippen LogP contribution in [0, 0.1) is 0 Å². The second-order valence-electron chi connectivity index (χ2n) is 3.78. The number of nitrogens with two attached hydrogens (primary N) is 1. The van der Waals surface area contributed by atoms with Gasteiger partial charge in [-0.25, -0.2) is 8.42 Å². The summed E-state index contributed by atoms with van der Waals surface area (Å²) in [6, 6.07) is 1.46. The number of pyridine rings is 1. The number of nitrogens with one attached hydrogen (secondary N) is 1. The van der Waals surface area contributed by atoms with E-state index in [1.54, 1.807) is 12.4 Å². The van der Waals surface area contributed by atoms with Gasteiger partial charge in [0.1, 0.15) is 4.90 Å². The summed E-state index contributed by atoms with van der Waals surface area (Å²) in [6.45, 7) is 0.215. The van der Waals surface area contributed by atoms with Crippen LogP contribution < -0.4 is 5.73 Å². The molecule has 3 N–H and O–H groups in total. The summed E-state index contributed by atoms with van der Waals surface area (Å²) in [7, 11) is -2.16. The molecule has 0 aromatic carbocycles. The Kier molecular flexibility index (Phi) is 3.30. The summed E-state index contributed by atoms with van der Waals surface area (Å²) in [5.74, 6) is 0. The average Bonchev–Trinajstić information content (AvgIpc) is 2.82. The lowest BCUT2D eigenvalue weighted by Crippen LogP contribution is -2.27. The van der Waals surface area contributed by atoms with E-state index in [-0.39, 0.29) is 17.1 Å². The maximum absolute atomic E-state index is 12.3. The van der Waals surface area contributed by atoms with E-state index in [0.29, 0.717) is 0 Å². The van der Waals surface area contributed by atoms with Crippen LogP contribution >= 0.6 is 0 Å². The van der Waals surface area contributed by atoms with Crippen LogP contribution in [0.2, 0.25) is 0 Å². The van der Waals surface area contributed by atoms with Gasteiger partial charge in [0.2, 0.25) is 10.0 Å². The number of nitrogen functional groups attached to an aromatic ring is 1. The summed E-state index contributed by atoms with van der Waals surface area (Å²) < 4.78 is 25.7. The van der Waals surface area contributed by atoms with E-state index in [9.17, 15) is 8.42 Å². The first-order valence-corrected chi connectivity index (χ1v) is 6.59. The molecule has 0 spiro atoms. The maximum Gasteiger partial charge on any atom is 0.246 e. The van der Waals surface area contributed by atoms with Crippen molar-refractivity contribution >= 4 is 15.7 Å². The van der Waals surface area contributed by atoms with E-state index in [1.165, 1.54) is 29.8 Å². The molecule has 2 heterocycles. The molecule has 18 heavy (non-hydrogen) atoms. The Morgan fingerprint density at radius 1 is 1.44 bits per heavy atom. The van der Waals surface area contributed by atoms with E-state index in [4.69, 9.17) is 5.73 Å². The molecule has 0 bridgehead atoms. The summed E-state index contributed by atoms with van der Waals surface area (Å²) in [5.41, 5.74) is 6.60. The lowest BCUT2D eigenvalue weighted by molar-refractivity contribution is 0.467. The van der Waals surface area contributed by atoms with E-state index >= 15 is 0 Å². The molecule has 0 saturated carbocycles. The molecule has 2 aromatic rings. The molecule has 0 amide bonds. The van der Waals surface area contributed by atoms with Gasteiger partial charge in [-0.15, -0.1) is 0 Å². The standard InChI is InChI=1S/C10H13N5O2S/c1-15(7-8-4-13-14-5-8)18(16,17)10-6-12-3-2-9(10)11/h2-6H,7H2,1H3,(H2,11,12)(H,13,14). The summed E-state index contributed by atoms with van der Waals surface area (Å²) in [5, 5.41) is 6.39. The molecule has 0 aliphatic carbocycles. The zero-order valence-corrected chi connectivity index (χ0v) is 10.6. The van der Waals surface area contributed by atoms with Gasteiger partial charge in [0.05, 0.1) is 11.9 Å². The number of aromatic nitrogens is 3. The first-order chi connectivity index (χ1) is 8.51. The highest BCUT2D eigenvalue weighted by Gasteiger charge is 2.23. The minimum absolute atomic E-state index is 0.0102. The molecule has 0 aliphatic heterocycles. The second kappa shape index (κ2) is 4.75. The quantitative estimate of drug-likeness (QED) is 0.823. The minimum Gasteiger partial charge on any atom is -0.398 e. The van der Waals surface area contributed by atoms with Gasteiger partial charge in [-0.2, -0.15) is 9.40 Å². The van der Waals surface area contributed by atoms with Gasteiger partial charge in [0.15, 0.2) is 0 Å². The van der Waals surface area contributed by atoms with Crippen molar-refractivity contribution in [3.63, 3.8) is 0 Å². The topological polar surface area (TPSA) is 105 Å². The monoisotopic (exact) mass is 267 g/mol. The zero-order valence-electron chi connectivity index (χ0n) is 9.74. The van der Waals surface area contributed by atoms with E-state index in [2.05, 4.69) is 15.2 Å². The summed E-state index contributed by atoms with van der Waals surface area (Å²) in [6.07, 6.45) is 5.90. The van der Waals surface area contributed by atoms with Crippen molar-refractivity contribution < 1.29 is 8.42 Å². The fourth-order valence-electron chi connectivity index (χ4n) is 1.48. The van der Waals surface area contributed by atoms with Crippen LogP contribution in [-0.2, 0) is 16.6 Å². The molecule has 8 heteroatoms. The number of H-pyrrole nitrogens is 1. The minimum atomic E-state index is -3.64. The number of hydrogen-bond donors (Lipinski definition) is 2. The Bertz CT molecular complexity index is 623. The summed E-state index contributed by atoms with van der Waals surface area (Å²) >= 11 is 0. The number of nitrogens with zero attached hydrogens (tertiary/aromatic N) is 3. The van der Waals surface area contributed by atoms with Gasteiger partial charge in [-0.05, 0) is 6.07 Å². The fourth-order valence-corrected chi connectivity index (χ4v) is 2.70. The molecule has 96 valence electrons. The van der Waals surface area contributed by atoms with Crippen LogP contribution in [0.15, 0.2) is 35.7 Å². The van der Waals surface area contributed by atoms with E-state index in [1.807, 2.05) is 0 Å². The van der Waals surface area contributed by atoms with Gasteiger partial charge in [-0.1, -0.05) is 0 Å². The molecular formula is C10H13N5O2S. The Labute approximate surface area is 105 Å². The van der Waals surface area contributed by atoms with Gasteiger partial charge >= 0.3 is 0 Å². The molecule has 0 aliphatic rings. The van der Waals surface area contributed by atoms with Crippen molar-refractivity contribution in [2.75, 3.05) is 12.8 Å². The number of sulfonamides is 1. The normalized spacial score (nSPS) is 11.9. The molecule has 7 nitrogen and oxygen atoms in total. The first-order valence-electron chi connectivity index (χ1n) is 5.15. The smallest absolute Gasteiger partial charge is 0.246 e. The molecule has 2 rings (SSSR count). The van der Waals surface area contributed by atoms with Gasteiger partial charge in [0, 0.05) is 37.7 Å². The van der Waals surface area contributed by atoms with E-state index in [0.717, 1.165) is 5.56 Å². The number of anilines is 1. The number of rotatable bonds is 4. The van der Waals surface area contributed by atoms with Crippen LogP contribution in [0.3, 0.4) is 0 Å². The summed E-state index contributed by atoms with van der Waals surface area (Å²) in [4.78, 5) is 3.80. The number of aromatic amines is 1. The van der Waals surface area contributed by atoms with Crippen LogP contribution in [0.4, 0.5) is 5.69 Å². The predicted octanol–water partition coefficient (Wildman–Crippen LogP) is 0.208. The van der Waals surface area contributed by atoms with Crippen LogP contribution in [0.25, 0.3) is 0 Å². The molecule has 0 fully saturated rings. The van der Waals surface area contributed by atoms with Crippen LogP contribution in [0.5, 0.6) is 0 Å². The van der Waals surface area contributed by atoms with Gasteiger partial charge in [0.25, 0.3) is 0 Å². The third-order valence-corrected chi connectivity index (χ3v) is 4.31. The Hall–Kier alpha value is -1.93. The van der Waals surface area contributed by atoms with Gasteiger partial charge in [-0.3, -0.25) is 10.1 Å². The Morgan fingerprint density at radius 2 is 2.22 bits per heavy atom.